The van der Waals surface area contributed by atoms with Gasteiger partial charge in [0.1, 0.15) is 0 Å². The Labute approximate surface area is 128 Å². The lowest BCUT2D eigenvalue weighted by molar-refractivity contribution is -0.137. The summed E-state index contributed by atoms with van der Waals surface area (Å²) in [7, 11) is 0. The first-order valence-electron chi connectivity index (χ1n) is 7.54. The van der Waals surface area contributed by atoms with E-state index >= 15 is 0 Å². The van der Waals surface area contributed by atoms with Gasteiger partial charge >= 0.3 is 6.18 Å². The molecule has 0 bridgehead atoms. The Morgan fingerprint density at radius 2 is 2.09 bits per heavy atom. The van der Waals surface area contributed by atoms with Crippen LogP contribution in [0.15, 0.2) is 30.3 Å². The molecule has 0 unspecified atom stereocenters. The smallest absolute Gasteiger partial charge is 0.339 e. The molecule has 5 heteroatoms. The summed E-state index contributed by atoms with van der Waals surface area (Å²) in [5, 5.41) is 0. The van der Waals surface area contributed by atoms with Crippen LogP contribution in [-0.2, 0) is 11.0 Å². The van der Waals surface area contributed by atoms with Crippen LogP contribution >= 0.6 is 0 Å². The summed E-state index contributed by atoms with van der Waals surface area (Å²) in [5.74, 6) is 0.462. The Bertz CT molecular complexity index is 547. The maximum atomic E-state index is 12.6. The molecule has 1 amide bonds. The fourth-order valence-electron chi connectivity index (χ4n) is 2.27. The van der Waals surface area contributed by atoms with Gasteiger partial charge in [-0.2, -0.15) is 13.2 Å². The Hall–Kier alpha value is -1.78. The predicted octanol–water partition coefficient (Wildman–Crippen LogP) is 4.37. The summed E-state index contributed by atoms with van der Waals surface area (Å²) >= 11 is 0. The van der Waals surface area contributed by atoms with Crippen LogP contribution in [0.1, 0.15) is 37.3 Å². The second-order valence-electron chi connectivity index (χ2n) is 5.68. The highest BCUT2D eigenvalue weighted by Gasteiger charge is 2.30. The average molecular weight is 311 g/mol. The van der Waals surface area contributed by atoms with E-state index in [9.17, 15) is 18.0 Å². The lowest BCUT2D eigenvalue weighted by Gasteiger charge is -2.20. The van der Waals surface area contributed by atoms with Crippen LogP contribution in [0, 0.1) is 5.92 Å². The third kappa shape index (κ3) is 4.90. The fourth-order valence-corrected chi connectivity index (χ4v) is 2.27. The van der Waals surface area contributed by atoms with Gasteiger partial charge in [-0.05, 0) is 49.0 Å². The summed E-state index contributed by atoms with van der Waals surface area (Å²) in [6.45, 7) is 3.44. The lowest BCUT2D eigenvalue weighted by atomic mass is 10.1. The molecule has 0 saturated heterocycles. The topological polar surface area (TPSA) is 20.3 Å². The number of benzene rings is 1. The zero-order valence-corrected chi connectivity index (χ0v) is 12.6. The molecule has 0 aliphatic heterocycles. The molecule has 1 saturated carbocycles. The number of nitrogens with zero attached hydrogens (tertiary/aromatic N) is 1. The normalized spacial score (nSPS) is 15.3. The summed E-state index contributed by atoms with van der Waals surface area (Å²) in [4.78, 5) is 13.9. The molecule has 1 aliphatic carbocycles. The minimum absolute atomic E-state index is 0.133. The van der Waals surface area contributed by atoms with Crippen molar-refractivity contribution in [2.75, 3.05) is 13.1 Å². The number of hydrogen-bond donors (Lipinski definition) is 0. The van der Waals surface area contributed by atoms with Crippen LogP contribution in [0.4, 0.5) is 13.2 Å². The van der Waals surface area contributed by atoms with E-state index in [0.717, 1.165) is 37.9 Å². The van der Waals surface area contributed by atoms with Crippen molar-refractivity contribution >= 4 is 12.0 Å². The molecular formula is C17H20F3NO. The molecule has 2 nitrogen and oxygen atoms in total. The summed E-state index contributed by atoms with van der Waals surface area (Å²) in [5.41, 5.74) is -0.323. The molecule has 0 radical (unpaired) electrons. The maximum Gasteiger partial charge on any atom is 0.416 e. The molecule has 0 heterocycles. The number of halogens is 3. The van der Waals surface area contributed by atoms with E-state index in [1.807, 2.05) is 6.92 Å². The van der Waals surface area contributed by atoms with E-state index in [2.05, 4.69) is 0 Å². The second-order valence-corrected chi connectivity index (χ2v) is 5.68. The molecule has 0 aromatic heterocycles. The zero-order valence-electron chi connectivity index (χ0n) is 12.6. The molecule has 120 valence electrons. The Morgan fingerprint density at radius 3 is 2.68 bits per heavy atom. The average Bonchev–Trinajstić information content (AvgIpc) is 3.28. The number of hydrogen-bond acceptors (Lipinski definition) is 1. The van der Waals surface area contributed by atoms with Crippen molar-refractivity contribution in [1.29, 1.82) is 0 Å². The first kappa shape index (κ1) is 16.6. The fraction of sp³-hybridized carbons (Fsp3) is 0.471. The number of alkyl halides is 3. The molecule has 1 aliphatic rings. The van der Waals surface area contributed by atoms with Gasteiger partial charge in [0.2, 0.25) is 5.91 Å². The number of carbonyl (C=O) groups is 1. The van der Waals surface area contributed by atoms with E-state index < -0.39 is 11.7 Å². The lowest BCUT2D eigenvalue weighted by Crippen LogP contribution is -2.32. The maximum absolute atomic E-state index is 12.6. The molecule has 2 rings (SSSR count). The molecular weight excluding hydrogens is 291 g/mol. The highest BCUT2D eigenvalue weighted by molar-refractivity contribution is 5.91. The third-order valence-corrected chi connectivity index (χ3v) is 3.61. The van der Waals surface area contributed by atoms with Crippen LogP contribution in [0.25, 0.3) is 6.08 Å². The summed E-state index contributed by atoms with van der Waals surface area (Å²) in [6, 6.07) is 4.98. The van der Waals surface area contributed by atoms with Crippen LogP contribution in [0.3, 0.4) is 0 Å². The van der Waals surface area contributed by atoms with Gasteiger partial charge in [-0.3, -0.25) is 4.79 Å². The van der Waals surface area contributed by atoms with Gasteiger partial charge in [0.15, 0.2) is 0 Å². The van der Waals surface area contributed by atoms with Gasteiger partial charge in [0.05, 0.1) is 5.56 Å². The molecule has 22 heavy (non-hydrogen) atoms. The van der Waals surface area contributed by atoms with Crippen LogP contribution < -0.4 is 0 Å². The quantitative estimate of drug-likeness (QED) is 0.715. The second kappa shape index (κ2) is 6.99. The van der Waals surface area contributed by atoms with E-state index in [4.69, 9.17) is 0 Å². The van der Waals surface area contributed by atoms with E-state index in [1.54, 1.807) is 11.0 Å². The molecule has 0 N–H and O–H groups in total. The molecule has 1 aromatic rings. The van der Waals surface area contributed by atoms with Crippen LogP contribution in [-0.4, -0.2) is 23.9 Å². The number of amides is 1. The van der Waals surface area contributed by atoms with E-state index in [0.29, 0.717) is 18.0 Å². The minimum Gasteiger partial charge on any atom is -0.339 e. The number of rotatable bonds is 6. The van der Waals surface area contributed by atoms with E-state index in [1.165, 1.54) is 18.2 Å². The van der Waals surface area contributed by atoms with Gasteiger partial charge in [0.25, 0.3) is 0 Å². The Morgan fingerprint density at radius 1 is 1.36 bits per heavy atom. The largest absolute Gasteiger partial charge is 0.416 e. The van der Waals surface area contributed by atoms with Gasteiger partial charge in [-0.15, -0.1) is 0 Å². The third-order valence-electron chi connectivity index (χ3n) is 3.61. The Kier molecular flexibility index (Phi) is 5.27. The minimum atomic E-state index is -4.37. The monoisotopic (exact) mass is 311 g/mol. The highest BCUT2D eigenvalue weighted by Crippen LogP contribution is 2.30. The van der Waals surface area contributed by atoms with Crippen molar-refractivity contribution in [3.05, 3.63) is 41.5 Å². The van der Waals surface area contributed by atoms with Crippen molar-refractivity contribution in [2.24, 2.45) is 5.92 Å². The first-order chi connectivity index (χ1) is 10.4. The molecule has 0 spiro atoms. The van der Waals surface area contributed by atoms with Gasteiger partial charge in [-0.25, -0.2) is 0 Å². The first-order valence-corrected chi connectivity index (χ1v) is 7.54. The van der Waals surface area contributed by atoms with Crippen LogP contribution in [0.5, 0.6) is 0 Å². The predicted molar refractivity (Wildman–Crippen MR) is 80.1 cm³/mol. The molecule has 1 fully saturated rings. The van der Waals surface area contributed by atoms with Crippen molar-refractivity contribution < 1.29 is 18.0 Å². The van der Waals surface area contributed by atoms with Crippen molar-refractivity contribution in [2.45, 2.75) is 32.4 Å². The molecule has 1 aromatic carbocycles. The standard InChI is InChI=1S/C17H20F3NO/c1-2-10-21(12-14-6-7-14)16(22)9-8-13-4-3-5-15(11-13)17(18,19)20/h3-5,8-9,11,14H,2,6-7,10,12H2,1H3/b9-8+. The van der Waals surface area contributed by atoms with Gasteiger partial charge < -0.3 is 4.90 Å². The Balaban J connectivity index is 2.04. The van der Waals surface area contributed by atoms with Gasteiger partial charge in [-0.1, -0.05) is 19.1 Å². The summed E-state index contributed by atoms with van der Waals surface area (Å²) < 4.78 is 37.9. The summed E-state index contributed by atoms with van der Waals surface area (Å²) in [6.07, 6.45) is 1.64. The number of carbonyl (C=O) groups excluding carboxylic acids is 1. The van der Waals surface area contributed by atoms with Crippen LogP contribution in [0.2, 0.25) is 0 Å². The SMILES string of the molecule is CCCN(CC1CC1)C(=O)/C=C/c1cccc(C(F)(F)F)c1. The van der Waals surface area contributed by atoms with E-state index in [-0.39, 0.29) is 5.91 Å². The molecule has 0 atom stereocenters. The van der Waals surface area contributed by atoms with Crippen molar-refractivity contribution in [3.63, 3.8) is 0 Å². The van der Waals surface area contributed by atoms with Gasteiger partial charge in [0, 0.05) is 19.2 Å². The van der Waals surface area contributed by atoms with Crippen molar-refractivity contribution in [1.82, 2.24) is 4.90 Å². The van der Waals surface area contributed by atoms with Crippen molar-refractivity contribution in [3.8, 4) is 0 Å². The zero-order chi connectivity index (χ0) is 16.2. The highest BCUT2D eigenvalue weighted by atomic mass is 19.4.